The third-order valence-corrected chi connectivity index (χ3v) is 2.19. The largest absolute Gasteiger partial charge is 0.480 e. The molecule has 16 heavy (non-hydrogen) atoms. The molecule has 1 aromatic heterocycles. The fourth-order valence-electron chi connectivity index (χ4n) is 1.31. The Bertz CT molecular complexity index is 346. The van der Waals surface area contributed by atoms with Gasteiger partial charge >= 0.3 is 0 Å². The molecule has 90 valence electrons. The van der Waals surface area contributed by atoms with Gasteiger partial charge < -0.3 is 26.0 Å². The second-order valence-corrected chi connectivity index (χ2v) is 3.40. The second-order valence-electron chi connectivity index (χ2n) is 3.40. The summed E-state index contributed by atoms with van der Waals surface area (Å²) in [4.78, 5) is 4.01. The summed E-state index contributed by atoms with van der Waals surface area (Å²) in [6.45, 7) is 0.273. The Hall–Kier alpha value is -1.37. The van der Waals surface area contributed by atoms with Crippen molar-refractivity contribution in [1.82, 2.24) is 10.3 Å². The van der Waals surface area contributed by atoms with Gasteiger partial charge in [0.05, 0.1) is 24.6 Å². The van der Waals surface area contributed by atoms with Gasteiger partial charge in [0.1, 0.15) is 6.10 Å². The number of nitrogen functional groups attached to an aromatic ring is 1. The number of ether oxygens (including phenoxy) is 1. The minimum atomic E-state index is -1.07. The number of nitrogens with two attached hydrogens (primary N) is 1. The lowest BCUT2D eigenvalue weighted by atomic mass is 10.1. The maximum absolute atomic E-state index is 9.78. The van der Waals surface area contributed by atoms with Crippen molar-refractivity contribution in [2.45, 2.75) is 12.2 Å². The fourth-order valence-corrected chi connectivity index (χ4v) is 1.31. The van der Waals surface area contributed by atoms with Crippen molar-refractivity contribution >= 4 is 5.69 Å². The quantitative estimate of drug-likeness (QED) is 0.530. The van der Waals surface area contributed by atoms with Crippen LogP contribution in [0, 0.1) is 0 Å². The molecule has 2 atom stereocenters. The molecule has 5 N–H and O–H groups in total. The molecule has 0 radical (unpaired) electrons. The minimum absolute atomic E-state index is 0.244. The molecule has 0 aliphatic carbocycles. The summed E-state index contributed by atoms with van der Waals surface area (Å²) in [5, 5.41) is 22.1. The Morgan fingerprint density at radius 3 is 2.75 bits per heavy atom. The van der Waals surface area contributed by atoms with E-state index < -0.39 is 12.2 Å². The topological polar surface area (TPSA) is 101 Å². The summed E-state index contributed by atoms with van der Waals surface area (Å²) < 4.78 is 4.93. The molecule has 0 bridgehead atoms. The van der Waals surface area contributed by atoms with E-state index in [1.54, 1.807) is 19.2 Å². The van der Waals surface area contributed by atoms with Gasteiger partial charge in [-0.2, -0.15) is 0 Å². The summed E-state index contributed by atoms with van der Waals surface area (Å²) in [6.07, 6.45) is -1.99. The van der Waals surface area contributed by atoms with Crippen LogP contribution in [0.15, 0.2) is 12.1 Å². The highest BCUT2D eigenvalue weighted by Gasteiger charge is 2.19. The number of anilines is 1. The van der Waals surface area contributed by atoms with Crippen LogP contribution in [0.2, 0.25) is 0 Å². The molecule has 0 aromatic carbocycles. The maximum atomic E-state index is 9.78. The Kier molecular flexibility index (Phi) is 4.48. The summed E-state index contributed by atoms with van der Waals surface area (Å²) in [6, 6.07) is 3.14. The highest BCUT2D eigenvalue weighted by Crippen LogP contribution is 2.22. The van der Waals surface area contributed by atoms with Gasteiger partial charge in [0.2, 0.25) is 5.88 Å². The number of likely N-dealkylation sites (N-methyl/N-ethyl adjacent to an activating group) is 1. The number of pyridine rings is 1. The van der Waals surface area contributed by atoms with Gasteiger partial charge in [0, 0.05) is 6.54 Å². The average Bonchev–Trinajstić information content (AvgIpc) is 2.29. The zero-order chi connectivity index (χ0) is 12.1. The van der Waals surface area contributed by atoms with Crippen LogP contribution in [0.25, 0.3) is 0 Å². The SMILES string of the molecule is CNCC(O)C(O)c1ccc(N)c(OC)n1. The van der Waals surface area contributed by atoms with Gasteiger partial charge in [-0.3, -0.25) is 0 Å². The summed E-state index contributed by atoms with van der Waals surface area (Å²) in [5.41, 5.74) is 6.31. The van der Waals surface area contributed by atoms with Gasteiger partial charge in [-0.25, -0.2) is 4.98 Å². The first-order valence-corrected chi connectivity index (χ1v) is 4.91. The van der Waals surface area contributed by atoms with Crippen LogP contribution in [0.4, 0.5) is 5.69 Å². The smallest absolute Gasteiger partial charge is 0.237 e. The third-order valence-electron chi connectivity index (χ3n) is 2.19. The normalized spacial score (nSPS) is 14.5. The predicted octanol–water partition coefficient (Wildman–Crippen LogP) is -0.714. The average molecular weight is 227 g/mol. The zero-order valence-electron chi connectivity index (χ0n) is 9.34. The van der Waals surface area contributed by atoms with Crippen molar-refractivity contribution in [3.63, 3.8) is 0 Å². The summed E-state index contributed by atoms with van der Waals surface area (Å²) in [7, 11) is 3.13. The molecule has 0 fully saturated rings. The molecule has 1 heterocycles. The van der Waals surface area contributed by atoms with Crippen LogP contribution in [0.3, 0.4) is 0 Å². The number of hydrogen-bond donors (Lipinski definition) is 4. The molecule has 0 saturated heterocycles. The van der Waals surface area contributed by atoms with Crippen molar-refractivity contribution in [3.8, 4) is 5.88 Å². The molecular weight excluding hydrogens is 210 g/mol. The van der Waals surface area contributed by atoms with E-state index >= 15 is 0 Å². The minimum Gasteiger partial charge on any atom is -0.480 e. The van der Waals surface area contributed by atoms with Crippen LogP contribution < -0.4 is 15.8 Å². The second kappa shape index (κ2) is 5.64. The van der Waals surface area contributed by atoms with E-state index in [4.69, 9.17) is 10.5 Å². The molecule has 1 rings (SSSR count). The van der Waals surface area contributed by atoms with E-state index in [9.17, 15) is 10.2 Å². The van der Waals surface area contributed by atoms with Gasteiger partial charge in [-0.15, -0.1) is 0 Å². The van der Waals surface area contributed by atoms with Crippen LogP contribution in [0.1, 0.15) is 11.8 Å². The monoisotopic (exact) mass is 227 g/mol. The molecule has 1 aromatic rings. The molecule has 0 aliphatic heterocycles. The van der Waals surface area contributed by atoms with E-state index in [2.05, 4.69) is 10.3 Å². The lowest BCUT2D eigenvalue weighted by Gasteiger charge is -2.17. The standard InChI is InChI=1S/C10H17N3O3/c1-12-5-8(14)9(15)7-4-3-6(11)10(13-7)16-2/h3-4,8-9,12,14-15H,5,11H2,1-2H3. The van der Waals surface area contributed by atoms with Gasteiger partial charge in [0.15, 0.2) is 0 Å². The maximum Gasteiger partial charge on any atom is 0.237 e. The van der Waals surface area contributed by atoms with Crippen molar-refractivity contribution in [2.75, 3.05) is 26.4 Å². The lowest BCUT2D eigenvalue weighted by Crippen LogP contribution is -2.30. The van der Waals surface area contributed by atoms with Crippen molar-refractivity contribution in [3.05, 3.63) is 17.8 Å². The Labute approximate surface area is 94.1 Å². The van der Waals surface area contributed by atoms with Crippen molar-refractivity contribution in [2.24, 2.45) is 0 Å². The molecule has 0 saturated carbocycles. The summed E-state index contributed by atoms with van der Waals surface area (Å²) in [5.74, 6) is 0.244. The third kappa shape index (κ3) is 2.82. The first-order valence-electron chi connectivity index (χ1n) is 4.91. The Balaban J connectivity index is 2.87. The first kappa shape index (κ1) is 12.7. The number of nitrogens with one attached hydrogen (secondary N) is 1. The van der Waals surface area contributed by atoms with E-state index in [1.165, 1.54) is 7.11 Å². The first-order chi connectivity index (χ1) is 7.60. The Morgan fingerprint density at radius 1 is 1.50 bits per heavy atom. The number of aliphatic hydroxyl groups is 2. The highest BCUT2D eigenvalue weighted by atomic mass is 16.5. The molecule has 0 spiro atoms. The van der Waals surface area contributed by atoms with Crippen LogP contribution in [-0.4, -0.2) is 42.0 Å². The number of aromatic nitrogens is 1. The predicted molar refractivity (Wildman–Crippen MR) is 60.1 cm³/mol. The molecule has 6 heteroatoms. The fraction of sp³-hybridized carbons (Fsp3) is 0.500. The molecule has 6 nitrogen and oxygen atoms in total. The number of rotatable bonds is 5. The van der Waals surface area contributed by atoms with Crippen molar-refractivity contribution < 1.29 is 14.9 Å². The van der Waals surface area contributed by atoms with E-state index in [0.717, 1.165) is 0 Å². The van der Waals surface area contributed by atoms with Gasteiger partial charge in [-0.05, 0) is 19.2 Å². The van der Waals surface area contributed by atoms with Crippen LogP contribution >= 0.6 is 0 Å². The lowest BCUT2D eigenvalue weighted by molar-refractivity contribution is 0.0174. The Morgan fingerprint density at radius 2 is 2.19 bits per heavy atom. The highest BCUT2D eigenvalue weighted by molar-refractivity contribution is 5.48. The van der Waals surface area contributed by atoms with Gasteiger partial charge in [-0.1, -0.05) is 0 Å². The van der Waals surface area contributed by atoms with E-state index in [0.29, 0.717) is 11.4 Å². The van der Waals surface area contributed by atoms with Gasteiger partial charge in [0.25, 0.3) is 0 Å². The number of nitrogens with zero attached hydrogens (tertiary/aromatic N) is 1. The molecular formula is C10H17N3O3. The molecule has 0 aliphatic rings. The van der Waals surface area contributed by atoms with E-state index in [-0.39, 0.29) is 12.4 Å². The molecule has 2 unspecified atom stereocenters. The van der Waals surface area contributed by atoms with E-state index in [1.807, 2.05) is 0 Å². The zero-order valence-corrected chi connectivity index (χ0v) is 9.34. The number of aliphatic hydroxyl groups excluding tert-OH is 2. The molecule has 0 amide bonds. The van der Waals surface area contributed by atoms with Crippen LogP contribution in [0.5, 0.6) is 5.88 Å². The summed E-state index contributed by atoms with van der Waals surface area (Å²) >= 11 is 0. The number of methoxy groups -OCH3 is 1. The number of hydrogen-bond acceptors (Lipinski definition) is 6. The van der Waals surface area contributed by atoms with Crippen LogP contribution in [-0.2, 0) is 0 Å². The van der Waals surface area contributed by atoms with Crippen molar-refractivity contribution in [1.29, 1.82) is 0 Å².